The van der Waals surface area contributed by atoms with Crippen LogP contribution in [0.4, 0.5) is 11.4 Å². The molecule has 0 bridgehead atoms. The number of sulfonamides is 1. The van der Waals surface area contributed by atoms with Crippen molar-refractivity contribution in [1.29, 1.82) is 0 Å². The standard InChI is InChI=1S/C11H15N3O4S/c1-2-12-9-5-6-10(14(15)16)11(7-9)19(17,18)13-8-3-4-8/h5-8,12-13H,2-4H2,1H3. The second kappa shape index (κ2) is 5.14. The molecular formula is C11H15N3O4S. The summed E-state index contributed by atoms with van der Waals surface area (Å²) in [6.07, 6.45) is 1.56. The van der Waals surface area contributed by atoms with E-state index in [-0.39, 0.29) is 10.9 Å². The zero-order valence-electron chi connectivity index (χ0n) is 10.4. The van der Waals surface area contributed by atoms with Crippen LogP contribution >= 0.6 is 0 Å². The molecule has 1 aromatic carbocycles. The SMILES string of the molecule is CCNc1ccc([N+](=O)[O-])c(S(=O)(=O)NC2CC2)c1. The Bertz CT molecular complexity index is 596. The number of nitrogens with one attached hydrogen (secondary N) is 2. The highest BCUT2D eigenvalue weighted by Gasteiger charge is 2.32. The van der Waals surface area contributed by atoms with Gasteiger partial charge < -0.3 is 5.32 Å². The fourth-order valence-corrected chi connectivity index (χ4v) is 3.18. The molecule has 2 N–H and O–H groups in total. The number of nitrogens with zero attached hydrogens (tertiary/aromatic N) is 1. The average Bonchev–Trinajstić information content (AvgIpc) is 3.12. The van der Waals surface area contributed by atoms with Gasteiger partial charge in [0.15, 0.2) is 4.90 Å². The second-order valence-electron chi connectivity index (χ2n) is 4.37. The minimum absolute atomic E-state index is 0.0904. The van der Waals surface area contributed by atoms with Crippen LogP contribution in [0.25, 0.3) is 0 Å². The summed E-state index contributed by atoms with van der Waals surface area (Å²) < 4.78 is 26.7. The van der Waals surface area contributed by atoms with Gasteiger partial charge in [0.25, 0.3) is 5.69 Å². The molecule has 0 amide bonds. The predicted molar refractivity (Wildman–Crippen MR) is 70.6 cm³/mol. The molecular weight excluding hydrogens is 270 g/mol. The van der Waals surface area contributed by atoms with Crippen LogP contribution in [0, 0.1) is 10.1 Å². The molecule has 0 unspecified atom stereocenters. The van der Waals surface area contributed by atoms with Crippen molar-refractivity contribution in [1.82, 2.24) is 4.72 Å². The van der Waals surface area contributed by atoms with Gasteiger partial charge in [0.2, 0.25) is 10.0 Å². The second-order valence-corrected chi connectivity index (χ2v) is 6.05. The third-order valence-electron chi connectivity index (χ3n) is 2.73. The molecule has 0 spiro atoms. The van der Waals surface area contributed by atoms with Crippen molar-refractivity contribution in [3.8, 4) is 0 Å². The summed E-state index contributed by atoms with van der Waals surface area (Å²) in [5, 5.41) is 13.9. The third kappa shape index (κ3) is 3.21. The maximum Gasteiger partial charge on any atom is 0.289 e. The molecule has 0 aliphatic heterocycles. The van der Waals surface area contributed by atoms with Crippen molar-refractivity contribution < 1.29 is 13.3 Å². The van der Waals surface area contributed by atoms with Gasteiger partial charge in [-0.1, -0.05) is 0 Å². The van der Waals surface area contributed by atoms with Gasteiger partial charge in [-0.3, -0.25) is 10.1 Å². The molecule has 1 aliphatic rings. The van der Waals surface area contributed by atoms with Crippen molar-refractivity contribution in [3.63, 3.8) is 0 Å². The fraction of sp³-hybridized carbons (Fsp3) is 0.455. The van der Waals surface area contributed by atoms with Crippen molar-refractivity contribution in [2.24, 2.45) is 0 Å². The first kappa shape index (κ1) is 13.8. The summed E-state index contributed by atoms with van der Waals surface area (Å²) in [5.74, 6) is 0. The molecule has 0 radical (unpaired) electrons. The van der Waals surface area contributed by atoms with Crippen LogP contribution in [0.1, 0.15) is 19.8 Å². The smallest absolute Gasteiger partial charge is 0.289 e. The molecule has 19 heavy (non-hydrogen) atoms. The van der Waals surface area contributed by atoms with E-state index < -0.39 is 20.6 Å². The minimum Gasteiger partial charge on any atom is -0.385 e. The van der Waals surface area contributed by atoms with Crippen LogP contribution in [0.2, 0.25) is 0 Å². The number of hydrogen-bond donors (Lipinski definition) is 2. The highest BCUT2D eigenvalue weighted by molar-refractivity contribution is 7.89. The largest absolute Gasteiger partial charge is 0.385 e. The van der Waals surface area contributed by atoms with Gasteiger partial charge in [0, 0.05) is 24.3 Å². The molecule has 1 aliphatic carbocycles. The molecule has 1 fully saturated rings. The molecule has 0 heterocycles. The van der Waals surface area contributed by atoms with Gasteiger partial charge in [0.1, 0.15) is 0 Å². The van der Waals surface area contributed by atoms with Gasteiger partial charge in [0.05, 0.1) is 4.92 Å². The van der Waals surface area contributed by atoms with E-state index in [1.807, 2.05) is 6.92 Å². The fourth-order valence-electron chi connectivity index (χ4n) is 1.68. The van der Waals surface area contributed by atoms with E-state index in [0.717, 1.165) is 12.8 Å². The number of benzene rings is 1. The average molecular weight is 285 g/mol. The van der Waals surface area contributed by atoms with Crippen LogP contribution in [0.5, 0.6) is 0 Å². The maximum atomic E-state index is 12.1. The van der Waals surface area contributed by atoms with Crippen LogP contribution in [0.15, 0.2) is 23.1 Å². The lowest BCUT2D eigenvalue weighted by Crippen LogP contribution is -2.26. The number of hydrogen-bond acceptors (Lipinski definition) is 5. The van der Waals surface area contributed by atoms with E-state index in [4.69, 9.17) is 0 Å². The molecule has 7 nitrogen and oxygen atoms in total. The van der Waals surface area contributed by atoms with Crippen molar-refractivity contribution in [3.05, 3.63) is 28.3 Å². The number of rotatable bonds is 6. The molecule has 1 saturated carbocycles. The van der Waals surface area contributed by atoms with Crippen molar-refractivity contribution in [2.45, 2.75) is 30.7 Å². The number of anilines is 1. The quantitative estimate of drug-likeness (QED) is 0.608. The molecule has 0 saturated heterocycles. The van der Waals surface area contributed by atoms with E-state index in [2.05, 4.69) is 10.0 Å². The van der Waals surface area contributed by atoms with Crippen LogP contribution in [-0.4, -0.2) is 25.9 Å². The third-order valence-corrected chi connectivity index (χ3v) is 4.28. The summed E-state index contributed by atoms with van der Waals surface area (Å²) in [5.41, 5.74) is 0.138. The van der Waals surface area contributed by atoms with Gasteiger partial charge in [-0.2, -0.15) is 0 Å². The Labute approximate surface area is 111 Å². The van der Waals surface area contributed by atoms with Gasteiger partial charge in [-0.25, -0.2) is 13.1 Å². The van der Waals surface area contributed by atoms with E-state index in [0.29, 0.717) is 12.2 Å². The summed E-state index contributed by atoms with van der Waals surface area (Å²) in [6.45, 7) is 2.46. The molecule has 8 heteroatoms. The Balaban J connectivity index is 2.44. The van der Waals surface area contributed by atoms with Gasteiger partial charge in [-0.15, -0.1) is 0 Å². The predicted octanol–water partition coefficient (Wildman–Crippen LogP) is 1.47. The lowest BCUT2D eigenvalue weighted by atomic mass is 10.3. The van der Waals surface area contributed by atoms with Gasteiger partial charge in [-0.05, 0) is 31.9 Å². The molecule has 0 aromatic heterocycles. The maximum absolute atomic E-state index is 12.1. The number of nitro groups is 1. The molecule has 1 aromatic rings. The molecule has 0 atom stereocenters. The molecule has 104 valence electrons. The summed E-state index contributed by atoms with van der Waals surface area (Å²) in [6, 6.07) is 3.91. The zero-order chi connectivity index (χ0) is 14.0. The van der Waals surface area contributed by atoms with E-state index in [1.54, 1.807) is 0 Å². The van der Waals surface area contributed by atoms with E-state index in [9.17, 15) is 18.5 Å². The first-order valence-corrected chi connectivity index (χ1v) is 7.47. The summed E-state index contributed by atoms with van der Waals surface area (Å²) in [7, 11) is -3.85. The Kier molecular flexibility index (Phi) is 3.72. The van der Waals surface area contributed by atoms with E-state index >= 15 is 0 Å². The van der Waals surface area contributed by atoms with Crippen LogP contribution in [-0.2, 0) is 10.0 Å². The summed E-state index contributed by atoms with van der Waals surface area (Å²) >= 11 is 0. The van der Waals surface area contributed by atoms with Crippen LogP contribution < -0.4 is 10.0 Å². The Hall–Kier alpha value is -1.67. The Morgan fingerprint density at radius 3 is 2.63 bits per heavy atom. The zero-order valence-corrected chi connectivity index (χ0v) is 11.2. The Morgan fingerprint density at radius 1 is 1.42 bits per heavy atom. The van der Waals surface area contributed by atoms with Crippen LogP contribution in [0.3, 0.4) is 0 Å². The normalized spacial score (nSPS) is 15.2. The minimum atomic E-state index is -3.85. The highest BCUT2D eigenvalue weighted by atomic mass is 32.2. The topological polar surface area (TPSA) is 101 Å². The molecule has 2 rings (SSSR count). The Morgan fingerprint density at radius 2 is 2.11 bits per heavy atom. The summed E-state index contributed by atoms with van der Waals surface area (Å²) in [4.78, 5) is 9.96. The first-order valence-electron chi connectivity index (χ1n) is 5.98. The number of nitro benzene ring substituents is 1. The monoisotopic (exact) mass is 285 g/mol. The first-order chi connectivity index (χ1) is 8.94. The van der Waals surface area contributed by atoms with E-state index in [1.165, 1.54) is 18.2 Å². The highest BCUT2D eigenvalue weighted by Crippen LogP contribution is 2.29. The lowest BCUT2D eigenvalue weighted by molar-refractivity contribution is -0.387. The lowest BCUT2D eigenvalue weighted by Gasteiger charge is -2.09. The van der Waals surface area contributed by atoms with Gasteiger partial charge >= 0.3 is 0 Å². The van der Waals surface area contributed by atoms with Crippen molar-refractivity contribution in [2.75, 3.05) is 11.9 Å². The van der Waals surface area contributed by atoms with Crippen molar-refractivity contribution >= 4 is 21.4 Å².